The van der Waals surface area contributed by atoms with Crippen molar-refractivity contribution in [2.24, 2.45) is 0 Å². The van der Waals surface area contributed by atoms with Crippen molar-refractivity contribution < 1.29 is 0 Å². The van der Waals surface area contributed by atoms with E-state index < -0.39 is 0 Å². The molecule has 1 fully saturated rings. The van der Waals surface area contributed by atoms with E-state index in [1.165, 1.54) is 32.1 Å². The van der Waals surface area contributed by atoms with Gasteiger partial charge in [-0.15, -0.1) is 0 Å². The third kappa shape index (κ3) is 4.18. The molecule has 0 saturated heterocycles. The van der Waals surface area contributed by atoms with E-state index in [1.54, 1.807) is 6.20 Å². The van der Waals surface area contributed by atoms with Gasteiger partial charge in [-0.25, -0.2) is 4.98 Å². The van der Waals surface area contributed by atoms with E-state index in [2.05, 4.69) is 32.5 Å². The third-order valence-electron chi connectivity index (χ3n) is 4.49. The molecule has 1 aliphatic carbocycles. The lowest BCUT2D eigenvalue weighted by Gasteiger charge is -2.24. The predicted molar refractivity (Wildman–Crippen MR) is 93.6 cm³/mol. The lowest BCUT2D eigenvalue weighted by Crippen LogP contribution is -2.24. The molecule has 2 N–H and O–H groups in total. The number of anilines is 2. The molecule has 5 heteroatoms. The van der Waals surface area contributed by atoms with Gasteiger partial charge in [-0.1, -0.05) is 25.3 Å². The molecular formula is C18H25N5. The van der Waals surface area contributed by atoms with E-state index >= 15 is 0 Å². The summed E-state index contributed by atoms with van der Waals surface area (Å²) in [5, 5.41) is 6.90. The Labute approximate surface area is 138 Å². The molecule has 122 valence electrons. The standard InChI is InChI=1S/C18H25N5/c1-13-14(2)21-18(20-12-16-10-6-7-11-19-16)23-17(13)22-15-8-4-3-5-9-15/h6-7,10-11,15H,3-5,8-9,12H2,1-2H3,(H2,20,21,22,23). The van der Waals surface area contributed by atoms with Crippen LogP contribution >= 0.6 is 0 Å². The van der Waals surface area contributed by atoms with E-state index in [1.807, 2.05) is 25.1 Å². The van der Waals surface area contributed by atoms with Gasteiger partial charge in [0.2, 0.25) is 5.95 Å². The van der Waals surface area contributed by atoms with E-state index in [0.29, 0.717) is 18.5 Å². The molecule has 2 heterocycles. The average Bonchev–Trinajstić information content (AvgIpc) is 2.59. The molecule has 2 aromatic heterocycles. The van der Waals surface area contributed by atoms with Crippen LogP contribution in [0.3, 0.4) is 0 Å². The predicted octanol–water partition coefficient (Wildman–Crippen LogP) is 3.85. The van der Waals surface area contributed by atoms with Crippen molar-refractivity contribution in [3.63, 3.8) is 0 Å². The summed E-state index contributed by atoms with van der Waals surface area (Å²) >= 11 is 0. The highest BCUT2D eigenvalue weighted by Gasteiger charge is 2.16. The first-order chi connectivity index (χ1) is 11.2. The van der Waals surface area contributed by atoms with E-state index in [-0.39, 0.29) is 0 Å². The van der Waals surface area contributed by atoms with Crippen LogP contribution in [0.5, 0.6) is 0 Å². The topological polar surface area (TPSA) is 62.7 Å². The maximum absolute atomic E-state index is 4.68. The van der Waals surface area contributed by atoms with Crippen LogP contribution in [0.15, 0.2) is 24.4 Å². The first-order valence-electron chi connectivity index (χ1n) is 8.48. The van der Waals surface area contributed by atoms with Crippen molar-refractivity contribution in [2.45, 2.75) is 58.5 Å². The maximum atomic E-state index is 4.68. The van der Waals surface area contributed by atoms with Gasteiger partial charge in [-0.2, -0.15) is 4.98 Å². The number of hydrogen-bond acceptors (Lipinski definition) is 5. The first kappa shape index (κ1) is 15.7. The number of rotatable bonds is 5. The molecule has 0 unspecified atom stereocenters. The fourth-order valence-corrected chi connectivity index (χ4v) is 2.96. The van der Waals surface area contributed by atoms with Crippen LogP contribution in [-0.4, -0.2) is 21.0 Å². The van der Waals surface area contributed by atoms with Gasteiger partial charge in [0.05, 0.1) is 12.2 Å². The second-order valence-electron chi connectivity index (χ2n) is 6.26. The lowest BCUT2D eigenvalue weighted by molar-refractivity contribution is 0.461. The summed E-state index contributed by atoms with van der Waals surface area (Å²) in [6, 6.07) is 6.44. The SMILES string of the molecule is Cc1nc(NCc2ccccn2)nc(NC2CCCCC2)c1C. The van der Waals surface area contributed by atoms with Gasteiger partial charge in [-0.05, 0) is 38.8 Å². The van der Waals surface area contributed by atoms with Gasteiger partial charge in [0.1, 0.15) is 5.82 Å². The molecule has 2 aromatic rings. The van der Waals surface area contributed by atoms with Crippen LogP contribution in [-0.2, 0) is 6.54 Å². The number of nitrogens with zero attached hydrogens (tertiary/aromatic N) is 3. The Morgan fingerprint density at radius 1 is 1.09 bits per heavy atom. The zero-order valence-electron chi connectivity index (χ0n) is 14.0. The summed E-state index contributed by atoms with van der Waals surface area (Å²) in [5.74, 6) is 1.63. The molecule has 0 atom stereocenters. The van der Waals surface area contributed by atoms with E-state index in [4.69, 9.17) is 0 Å². The Morgan fingerprint density at radius 3 is 2.65 bits per heavy atom. The Bertz CT molecular complexity index is 635. The van der Waals surface area contributed by atoms with Crippen molar-refractivity contribution in [2.75, 3.05) is 10.6 Å². The number of hydrogen-bond donors (Lipinski definition) is 2. The molecule has 0 aliphatic heterocycles. The minimum Gasteiger partial charge on any atom is -0.367 e. The Kier molecular flexibility index (Phi) is 5.05. The van der Waals surface area contributed by atoms with Crippen molar-refractivity contribution >= 4 is 11.8 Å². The molecule has 0 spiro atoms. The Balaban J connectivity index is 1.70. The monoisotopic (exact) mass is 311 g/mol. The maximum Gasteiger partial charge on any atom is 0.225 e. The number of aryl methyl sites for hydroxylation is 1. The van der Waals surface area contributed by atoms with Crippen LogP contribution in [0.25, 0.3) is 0 Å². The summed E-state index contributed by atoms with van der Waals surface area (Å²) in [7, 11) is 0. The zero-order valence-corrected chi connectivity index (χ0v) is 14.0. The van der Waals surface area contributed by atoms with Crippen LogP contribution in [0, 0.1) is 13.8 Å². The molecule has 23 heavy (non-hydrogen) atoms. The number of pyridine rings is 1. The fraction of sp³-hybridized carbons (Fsp3) is 0.500. The van der Waals surface area contributed by atoms with Gasteiger partial charge in [0.25, 0.3) is 0 Å². The number of nitrogens with one attached hydrogen (secondary N) is 2. The van der Waals surface area contributed by atoms with Gasteiger partial charge in [0, 0.05) is 23.5 Å². The average molecular weight is 311 g/mol. The Hall–Kier alpha value is -2.17. The molecule has 0 amide bonds. The summed E-state index contributed by atoms with van der Waals surface area (Å²) in [6.07, 6.45) is 8.25. The van der Waals surface area contributed by atoms with E-state index in [0.717, 1.165) is 22.8 Å². The molecule has 3 rings (SSSR count). The van der Waals surface area contributed by atoms with Crippen LogP contribution in [0.1, 0.15) is 49.1 Å². The molecule has 0 bridgehead atoms. The molecular weight excluding hydrogens is 286 g/mol. The second kappa shape index (κ2) is 7.40. The minimum atomic E-state index is 0.542. The van der Waals surface area contributed by atoms with Gasteiger partial charge in [0.15, 0.2) is 0 Å². The van der Waals surface area contributed by atoms with Crippen LogP contribution in [0.4, 0.5) is 11.8 Å². The summed E-state index contributed by atoms with van der Waals surface area (Å²) in [4.78, 5) is 13.5. The van der Waals surface area contributed by atoms with Crippen LogP contribution in [0.2, 0.25) is 0 Å². The third-order valence-corrected chi connectivity index (χ3v) is 4.49. The smallest absolute Gasteiger partial charge is 0.225 e. The molecule has 1 aliphatic rings. The summed E-state index contributed by atoms with van der Waals surface area (Å²) in [5.41, 5.74) is 3.14. The minimum absolute atomic E-state index is 0.542. The zero-order chi connectivity index (χ0) is 16.1. The first-order valence-corrected chi connectivity index (χ1v) is 8.48. The summed E-state index contributed by atoms with van der Waals surface area (Å²) < 4.78 is 0. The second-order valence-corrected chi connectivity index (χ2v) is 6.26. The fourth-order valence-electron chi connectivity index (χ4n) is 2.96. The molecule has 0 aromatic carbocycles. The van der Waals surface area contributed by atoms with Crippen molar-refractivity contribution in [3.8, 4) is 0 Å². The van der Waals surface area contributed by atoms with Gasteiger partial charge in [-0.3, -0.25) is 4.98 Å². The largest absolute Gasteiger partial charge is 0.367 e. The summed E-state index contributed by atoms with van der Waals surface area (Å²) in [6.45, 7) is 4.75. The van der Waals surface area contributed by atoms with Crippen molar-refractivity contribution in [1.29, 1.82) is 0 Å². The van der Waals surface area contributed by atoms with Crippen LogP contribution < -0.4 is 10.6 Å². The molecule has 0 radical (unpaired) electrons. The van der Waals surface area contributed by atoms with Crippen molar-refractivity contribution in [3.05, 3.63) is 41.3 Å². The molecule has 1 saturated carbocycles. The highest BCUT2D eigenvalue weighted by atomic mass is 15.2. The quantitative estimate of drug-likeness (QED) is 0.878. The highest BCUT2D eigenvalue weighted by molar-refractivity contribution is 5.50. The molecule has 5 nitrogen and oxygen atoms in total. The Morgan fingerprint density at radius 2 is 1.91 bits per heavy atom. The van der Waals surface area contributed by atoms with Gasteiger partial charge < -0.3 is 10.6 Å². The van der Waals surface area contributed by atoms with Gasteiger partial charge >= 0.3 is 0 Å². The van der Waals surface area contributed by atoms with E-state index in [9.17, 15) is 0 Å². The number of aromatic nitrogens is 3. The normalized spacial score (nSPS) is 15.4. The van der Waals surface area contributed by atoms with Crippen molar-refractivity contribution in [1.82, 2.24) is 15.0 Å². The highest BCUT2D eigenvalue weighted by Crippen LogP contribution is 2.24. The lowest BCUT2D eigenvalue weighted by atomic mass is 9.95.